The van der Waals surface area contributed by atoms with Crippen molar-refractivity contribution in [2.45, 2.75) is 26.4 Å². The summed E-state index contributed by atoms with van der Waals surface area (Å²) in [5.41, 5.74) is 6.76. The summed E-state index contributed by atoms with van der Waals surface area (Å²) < 4.78 is 0. The first-order chi connectivity index (χ1) is 7.52. The van der Waals surface area contributed by atoms with Gasteiger partial charge in [-0.1, -0.05) is 37.0 Å². The molecule has 1 unspecified atom stereocenters. The van der Waals surface area contributed by atoms with E-state index in [-0.39, 0.29) is 0 Å². The number of halogens is 2. The lowest BCUT2D eigenvalue weighted by molar-refractivity contribution is 0.405. The summed E-state index contributed by atoms with van der Waals surface area (Å²) in [4.78, 5) is 0. The molecule has 16 heavy (non-hydrogen) atoms. The van der Waals surface area contributed by atoms with Crippen LogP contribution in [0, 0.1) is 5.92 Å². The van der Waals surface area contributed by atoms with Gasteiger partial charge in [0.25, 0.3) is 0 Å². The Morgan fingerprint density at radius 2 is 1.75 bits per heavy atom. The highest BCUT2D eigenvalue weighted by Gasteiger charge is 2.10. The van der Waals surface area contributed by atoms with Crippen molar-refractivity contribution in [1.82, 2.24) is 5.32 Å². The molecule has 0 amide bonds. The summed E-state index contributed by atoms with van der Waals surface area (Å²) in [7, 11) is 0. The van der Waals surface area contributed by atoms with Crippen molar-refractivity contribution < 1.29 is 0 Å². The molecule has 90 valence electrons. The van der Waals surface area contributed by atoms with E-state index in [4.69, 9.17) is 28.9 Å². The molecule has 3 N–H and O–H groups in total. The third-order valence-corrected chi connectivity index (χ3v) is 2.99. The normalized spacial score (nSPS) is 13.1. The second-order valence-electron chi connectivity index (χ2n) is 4.24. The lowest BCUT2D eigenvalue weighted by Crippen LogP contribution is -2.39. The molecular formula is C12H18Cl2N2. The Morgan fingerprint density at radius 3 is 2.19 bits per heavy atom. The van der Waals surface area contributed by atoms with Crippen molar-refractivity contribution in [3.05, 3.63) is 33.8 Å². The number of benzene rings is 1. The second-order valence-corrected chi connectivity index (χ2v) is 5.12. The molecule has 1 atom stereocenters. The molecule has 4 heteroatoms. The Hall–Kier alpha value is -0.280. The van der Waals surface area contributed by atoms with Crippen LogP contribution in [0.1, 0.15) is 19.4 Å². The van der Waals surface area contributed by atoms with Gasteiger partial charge in [0.2, 0.25) is 0 Å². The van der Waals surface area contributed by atoms with Crippen LogP contribution in [-0.4, -0.2) is 12.6 Å². The minimum atomic E-state index is 0.317. The fourth-order valence-electron chi connectivity index (χ4n) is 1.55. The SMILES string of the molecule is CC(C)C(CN)NCc1cc(Cl)cc(Cl)c1. The molecular weight excluding hydrogens is 243 g/mol. The van der Waals surface area contributed by atoms with Crippen molar-refractivity contribution in [2.24, 2.45) is 11.7 Å². The zero-order valence-electron chi connectivity index (χ0n) is 9.63. The van der Waals surface area contributed by atoms with Crippen LogP contribution < -0.4 is 11.1 Å². The summed E-state index contributed by atoms with van der Waals surface area (Å²) >= 11 is 11.8. The third-order valence-electron chi connectivity index (χ3n) is 2.55. The van der Waals surface area contributed by atoms with Gasteiger partial charge in [-0.3, -0.25) is 0 Å². The fourth-order valence-corrected chi connectivity index (χ4v) is 2.12. The van der Waals surface area contributed by atoms with Crippen molar-refractivity contribution in [2.75, 3.05) is 6.54 Å². The van der Waals surface area contributed by atoms with Gasteiger partial charge in [0.15, 0.2) is 0 Å². The van der Waals surface area contributed by atoms with E-state index in [0.29, 0.717) is 28.5 Å². The molecule has 0 bridgehead atoms. The topological polar surface area (TPSA) is 38.0 Å². The van der Waals surface area contributed by atoms with Gasteiger partial charge in [0, 0.05) is 29.2 Å². The lowest BCUT2D eigenvalue weighted by atomic mass is 10.0. The Balaban J connectivity index is 2.60. The van der Waals surface area contributed by atoms with Gasteiger partial charge in [0.05, 0.1) is 0 Å². The van der Waals surface area contributed by atoms with E-state index in [1.54, 1.807) is 6.07 Å². The number of hydrogen-bond donors (Lipinski definition) is 2. The predicted octanol–water partition coefficient (Wildman–Crippen LogP) is 3.07. The summed E-state index contributed by atoms with van der Waals surface area (Å²) in [5, 5.41) is 4.73. The van der Waals surface area contributed by atoms with E-state index >= 15 is 0 Å². The van der Waals surface area contributed by atoms with Crippen LogP contribution in [-0.2, 0) is 6.54 Å². The van der Waals surface area contributed by atoms with Crippen molar-refractivity contribution in [1.29, 1.82) is 0 Å². The summed E-state index contributed by atoms with van der Waals surface area (Å²) in [6.45, 7) is 5.66. The Morgan fingerprint density at radius 1 is 1.19 bits per heavy atom. The van der Waals surface area contributed by atoms with Gasteiger partial charge < -0.3 is 11.1 Å². The first kappa shape index (κ1) is 13.8. The van der Waals surface area contributed by atoms with E-state index in [2.05, 4.69) is 19.2 Å². The molecule has 0 heterocycles. The highest BCUT2D eigenvalue weighted by molar-refractivity contribution is 6.34. The molecule has 0 spiro atoms. The van der Waals surface area contributed by atoms with E-state index in [1.807, 2.05) is 12.1 Å². The van der Waals surface area contributed by atoms with Crippen molar-refractivity contribution >= 4 is 23.2 Å². The molecule has 1 rings (SSSR count). The second kappa shape index (κ2) is 6.45. The van der Waals surface area contributed by atoms with E-state index < -0.39 is 0 Å². The Labute approximate surface area is 107 Å². The first-order valence-electron chi connectivity index (χ1n) is 5.41. The van der Waals surface area contributed by atoms with Crippen LogP contribution in [0.2, 0.25) is 10.0 Å². The van der Waals surface area contributed by atoms with Gasteiger partial charge in [-0.15, -0.1) is 0 Å². The standard InChI is InChI=1S/C12H18Cl2N2/c1-8(2)12(6-15)16-7-9-3-10(13)5-11(14)4-9/h3-5,8,12,16H,6-7,15H2,1-2H3. The van der Waals surface area contributed by atoms with E-state index in [1.165, 1.54) is 0 Å². The summed E-state index contributed by atoms with van der Waals surface area (Å²) in [5.74, 6) is 0.514. The quantitative estimate of drug-likeness (QED) is 0.854. The average molecular weight is 261 g/mol. The number of nitrogens with two attached hydrogens (primary N) is 1. The molecule has 0 aliphatic heterocycles. The van der Waals surface area contributed by atoms with Crippen LogP contribution >= 0.6 is 23.2 Å². The molecule has 0 aromatic heterocycles. The van der Waals surface area contributed by atoms with E-state index in [0.717, 1.165) is 12.1 Å². The van der Waals surface area contributed by atoms with Crippen molar-refractivity contribution in [3.63, 3.8) is 0 Å². The summed E-state index contributed by atoms with van der Waals surface area (Å²) in [6.07, 6.45) is 0. The van der Waals surface area contributed by atoms with Crippen LogP contribution in [0.25, 0.3) is 0 Å². The zero-order valence-corrected chi connectivity index (χ0v) is 11.1. The molecule has 0 radical (unpaired) electrons. The van der Waals surface area contributed by atoms with Crippen molar-refractivity contribution in [3.8, 4) is 0 Å². The van der Waals surface area contributed by atoms with Gasteiger partial charge in [-0.2, -0.15) is 0 Å². The lowest BCUT2D eigenvalue weighted by Gasteiger charge is -2.20. The smallest absolute Gasteiger partial charge is 0.0424 e. The molecule has 0 fully saturated rings. The van der Waals surface area contributed by atoms with Gasteiger partial charge >= 0.3 is 0 Å². The van der Waals surface area contributed by atoms with Gasteiger partial charge in [-0.25, -0.2) is 0 Å². The average Bonchev–Trinajstić information content (AvgIpc) is 2.16. The minimum absolute atomic E-state index is 0.317. The predicted molar refractivity (Wildman–Crippen MR) is 71.0 cm³/mol. The monoisotopic (exact) mass is 260 g/mol. The van der Waals surface area contributed by atoms with E-state index in [9.17, 15) is 0 Å². The zero-order chi connectivity index (χ0) is 12.1. The Bertz CT molecular complexity index is 320. The molecule has 0 saturated heterocycles. The number of hydrogen-bond acceptors (Lipinski definition) is 2. The highest BCUT2D eigenvalue weighted by Crippen LogP contribution is 2.19. The van der Waals surface area contributed by atoms with Crippen LogP contribution in [0.4, 0.5) is 0 Å². The molecule has 1 aromatic carbocycles. The largest absolute Gasteiger partial charge is 0.329 e. The maximum absolute atomic E-state index is 5.92. The minimum Gasteiger partial charge on any atom is -0.329 e. The number of nitrogens with one attached hydrogen (secondary N) is 1. The molecule has 1 aromatic rings. The maximum atomic E-state index is 5.92. The first-order valence-corrected chi connectivity index (χ1v) is 6.17. The van der Waals surface area contributed by atoms with Crippen LogP contribution in [0.5, 0.6) is 0 Å². The molecule has 0 saturated carbocycles. The third kappa shape index (κ3) is 4.30. The fraction of sp³-hybridized carbons (Fsp3) is 0.500. The number of rotatable bonds is 5. The molecule has 0 aliphatic carbocycles. The molecule has 2 nitrogen and oxygen atoms in total. The Kier molecular flexibility index (Phi) is 5.56. The highest BCUT2D eigenvalue weighted by atomic mass is 35.5. The van der Waals surface area contributed by atoms with Crippen LogP contribution in [0.3, 0.4) is 0 Å². The summed E-state index contributed by atoms with van der Waals surface area (Å²) in [6, 6.07) is 5.87. The van der Waals surface area contributed by atoms with Gasteiger partial charge in [0.1, 0.15) is 0 Å². The molecule has 0 aliphatic rings. The van der Waals surface area contributed by atoms with Gasteiger partial charge in [-0.05, 0) is 29.7 Å². The maximum Gasteiger partial charge on any atom is 0.0424 e. The van der Waals surface area contributed by atoms with Crippen LogP contribution in [0.15, 0.2) is 18.2 Å².